The minimum Gasteiger partial charge on any atom is -0.278 e. The first-order valence-corrected chi connectivity index (χ1v) is 13.0. The summed E-state index contributed by atoms with van der Waals surface area (Å²) in [5.74, 6) is 1.81. The van der Waals surface area contributed by atoms with Gasteiger partial charge >= 0.3 is 0 Å². The Labute approximate surface area is 223 Å². The summed E-state index contributed by atoms with van der Waals surface area (Å²) < 4.78 is 0. The van der Waals surface area contributed by atoms with Crippen LogP contribution in [0.2, 0.25) is 0 Å². The Balaban J connectivity index is 1.44. The summed E-state index contributed by atoms with van der Waals surface area (Å²) in [6.07, 6.45) is 3.71. The average Bonchev–Trinajstić information content (AvgIpc) is 2.98. The molecule has 0 spiro atoms. The van der Waals surface area contributed by atoms with Crippen LogP contribution in [0.5, 0.6) is 0 Å². The quantitative estimate of drug-likeness (QED) is 0.248. The van der Waals surface area contributed by atoms with Gasteiger partial charge in [-0.05, 0) is 68.9 Å². The molecule has 0 atom stereocenters. The van der Waals surface area contributed by atoms with Crippen molar-refractivity contribution in [3.8, 4) is 22.3 Å². The molecule has 0 unspecified atom stereocenters. The summed E-state index contributed by atoms with van der Waals surface area (Å²) in [6, 6.07) is 41.0. The Morgan fingerprint density at radius 1 is 0.553 bits per heavy atom. The van der Waals surface area contributed by atoms with E-state index in [1.807, 2.05) is 36.7 Å². The van der Waals surface area contributed by atoms with Gasteiger partial charge in [0, 0.05) is 23.4 Å². The zero-order valence-corrected chi connectivity index (χ0v) is 21.5. The van der Waals surface area contributed by atoms with Crippen LogP contribution < -0.4 is 4.90 Å². The number of hydrogen-bond donors (Lipinski definition) is 0. The monoisotopic (exact) mass is 489 g/mol. The molecule has 3 nitrogen and oxygen atoms in total. The third kappa shape index (κ3) is 3.43. The third-order valence-electron chi connectivity index (χ3n) is 7.78. The Morgan fingerprint density at radius 3 is 1.97 bits per heavy atom. The number of hydrogen-bond acceptors (Lipinski definition) is 3. The first-order chi connectivity index (χ1) is 18.6. The highest BCUT2D eigenvalue weighted by atomic mass is 15.2. The smallest absolute Gasteiger partial charge is 0.142 e. The molecule has 0 radical (unpaired) electrons. The first-order valence-electron chi connectivity index (χ1n) is 13.0. The Hall–Kier alpha value is -4.76. The zero-order valence-electron chi connectivity index (χ0n) is 21.5. The third-order valence-corrected chi connectivity index (χ3v) is 7.78. The summed E-state index contributed by atoms with van der Waals surface area (Å²) in [5, 5.41) is 2.52. The van der Waals surface area contributed by atoms with Crippen LogP contribution >= 0.6 is 0 Å². The fraction of sp³-hybridized carbons (Fsp3) is 0.0857. The molecule has 7 rings (SSSR count). The van der Waals surface area contributed by atoms with E-state index in [4.69, 9.17) is 9.97 Å². The van der Waals surface area contributed by atoms with E-state index in [-0.39, 0.29) is 5.41 Å². The lowest BCUT2D eigenvalue weighted by Gasteiger charge is -2.40. The number of benzene rings is 4. The molecule has 2 aromatic heterocycles. The van der Waals surface area contributed by atoms with Crippen LogP contribution in [-0.4, -0.2) is 9.97 Å². The highest BCUT2D eigenvalue weighted by Gasteiger charge is 2.38. The highest BCUT2D eigenvalue weighted by Crippen LogP contribution is 2.51. The highest BCUT2D eigenvalue weighted by molar-refractivity contribution is 6.05. The van der Waals surface area contributed by atoms with Crippen molar-refractivity contribution >= 4 is 28.1 Å². The fourth-order valence-electron chi connectivity index (χ4n) is 5.86. The van der Waals surface area contributed by atoms with E-state index in [2.05, 4.69) is 110 Å². The molecular formula is C35H27N3. The zero-order chi connectivity index (χ0) is 25.7. The molecule has 3 heterocycles. The number of anilines is 3. The molecular weight excluding hydrogens is 462 g/mol. The van der Waals surface area contributed by atoms with Crippen LogP contribution in [0.25, 0.3) is 33.0 Å². The summed E-state index contributed by atoms with van der Waals surface area (Å²) in [7, 11) is 0. The van der Waals surface area contributed by atoms with Gasteiger partial charge < -0.3 is 0 Å². The maximum Gasteiger partial charge on any atom is 0.142 e. The Kier molecular flexibility index (Phi) is 5.12. The van der Waals surface area contributed by atoms with Crippen LogP contribution in [0.1, 0.15) is 25.0 Å². The topological polar surface area (TPSA) is 29.0 Å². The van der Waals surface area contributed by atoms with Crippen LogP contribution in [0, 0.1) is 0 Å². The first kappa shape index (κ1) is 22.4. The average molecular weight is 490 g/mol. The van der Waals surface area contributed by atoms with Crippen LogP contribution in [0.3, 0.4) is 0 Å². The molecule has 0 saturated carbocycles. The molecule has 0 saturated heterocycles. The van der Waals surface area contributed by atoms with Crippen molar-refractivity contribution in [2.24, 2.45) is 0 Å². The van der Waals surface area contributed by atoms with Crippen LogP contribution in [-0.2, 0) is 5.41 Å². The van der Waals surface area contributed by atoms with Gasteiger partial charge in [0.25, 0.3) is 0 Å². The van der Waals surface area contributed by atoms with Crippen molar-refractivity contribution < 1.29 is 0 Å². The van der Waals surface area contributed by atoms with Gasteiger partial charge in [0.2, 0.25) is 0 Å². The SMILES string of the molecule is CC1(C)c2cc(-c3ccc(-c4ccccc4)c4ccccc34)ccc2N(c2ccccn2)c2ncccc21. The lowest BCUT2D eigenvalue weighted by atomic mass is 9.74. The summed E-state index contributed by atoms with van der Waals surface area (Å²) in [4.78, 5) is 11.7. The fourth-order valence-corrected chi connectivity index (χ4v) is 5.86. The predicted octanol–water partition coefficient (Wildman–Crippen LogP) is 9.07. The van der Waals surface area contributed by atoms with Crippen molar-refractivity contribution in [1.29, 1.82) is 0 Å². The lowest BCUT2D eigenvalue weighted by molar-refractivity contribution is 0.627. The van der Waals surface area contributed by atoms with Gasteiger partial charge in [0.1, 0.15) is 11.6 Å². The normalized spacial score (nSPS) is 13.7. The summed E-state index contributed by atoms with van der Waals surface area (Å²) in [5.41, 5.74) is 8.29. The largest absolute Gasteiger partial charge is 0.278 e. The number of pyridine rings is 2. The molecule has 38 heavy (non-hydrogen) atoms. The maximum absolute atomic E-state index is 4.82. The second-order valence-corrected chi connectivity index (χ2v) is 10.3. The second-order valence-electron chi connectivity index (χ2n) is 10.3. The number of fused-ring (bicyclic) bond motifs is 3. The molecule has 4 aromatic carbocycles. The predicted molar refractivity (Wildman–Crippen MR) is 157 cm³/mol. The van der Waals surface area contributed by atoms with E-state index in [1.54, 1.807) is 0 Å². The second kappa shape index (κ2) is 8.67. The number of nitrogens with zero attached hydrogens (tertiary/aromatic N) is 3. The number of rotatable bonds is 3. The molecule has 1 aliphatic heterocycles. The van der Waals surface area contributed by atoms with E-state index in [9.17, 15) is 0 Å². The van der Waals surface area contributed by atoms with Gasteiger partial charge in [-0.2, -0.15) is 0 Å². The van der Waals surface area contributed by atoms with Gasteiger partial charge in [0.05, 0.1) is 5.69 Å². The van der Waals surface area contributed by atoms with Gasteiger partial charge in [-0.15, -0.1) is 0 Å². The maximum atomic E-state index is 4.82. The van der Waals surface area contributed by atoms with Gasteiger partial charge in [-0.25, -0.2) is 9.97 Å². The van der Waals surface area contributed by atoms with E-state index in [1.165, 1.54) is 44.2 Å². The molecule has 6 aromatic rings. The summed E-state index contributed by atoms with van der Waals surface area (Å²) >= 11 is 0. The van der Waals surface area contributed by atoms with E-state index < -0.39 is 0 Å². The van der Waals surface area contributed by atoms with Gasteiger partial charge in [-0.1, -0.05) is 98.8 Å². The van der Waals surface area contributed by atoms with Crippen molar-refractivity contribution in [2.75, 3.05) is 4.90 Å². The van der Waals surface area contributed by atoms with Crippen molar-refractivity contribution in [2.45, 2.75) is 19.3 Å². The molecule has 1 aliphatic rings. The molecule has 182 valence electrons. The molecule has 0 fully saturated rings. The lowest BCUT2D eigenvalue weighted by Crippen LogP contribution is -2.31. The standard InChI is InChI=1S/C35H27N3/c1-35(2)30-15-10-22-37-34(30)38(33-16-8-9-21-36-33)32-20-17-25(23-31(32)35)27-19-18-26(24-11-4-3-5-12-24)28-13-6-7-14-29(27)28/h3-23H,1-2H3. The van der Waals surface area contributed by atoms with E-state index in [0.29, 0.717) is 0 Å². The van der Waals surface area contributed by atoms with Crippen molar-refractivity contribution in [1.82, 2.24) is 9.97 Å². The van der Waals surface area contributed by atoms with Crippen LogP contribution in [0.4, 0.5) is 17.3 Å². The van der Waals surface area contributed by atoms with Crippen LogP contribution in [0.15, 0.2) is 128 Å². The van der Waals surface area contributed by atoms with E-state index in [0.717, 1.165) is 17.3 Å². The van der Waals surface area contributed by atoms with Crippen molar-refractivity contribution in [3.05, 3.63) is 139 Å². The Bertz CT molecular complexity index is 1790. The molecule has 0 amide bonds. The minimum absolute atomic E-state index is 0.222. The number of aromatic nitrogens is 2. The van der Waals surface area contributed by atoms with Crippen molar-refractivity contribution in [3.63, 3.8) is 0 Å². The van der Waals surface area contributed by atoms with Gasteiger partial charge in [-0.3, -0.25) is 4.90 Å². The molecule has 0 N–H and O–H groups in total. The molecule has 0 aliphatic carbocycles. The minimum atomic E-state index is -0.222. The molecule has 3 heteroatoms. The summed E-state index contributed by atoms with van der Waals surface area (Å²) in [6.45, 7) is 4.59. The molecule has 0 bridgehead atoms. The van der Waals surface area contributed by atoms with E-state index >= 15 is 0 Å². The van der Waals surface area contributed by atoms with Gasteiger partial charge in [0.15, 0.2) is 0 Å². The Morgan fingerprint density at radius 2 is 1.24 bits per heavy atom.